The lowest BCUT2D eigenvalue weighted by Gasteiger charge is -2.11. The van der Waals surface area contributed by atoms with E-state index in [1.54, 1.807) is 6.07 Å². The predicted molar refractivity (Wildman–Crippen MR) is 88.5 cm³/mol. The Kier molecular flexibility index (Phi) is 6.36. The van der Waals surface area contributed by atoms with Gasteiger partial charge in [0.25, 0.3) is 5.69 Å². The van der Waals surface area contributed by atoms with Gasteiger partial charge in [-0.05, 0) is 37.8 Å². The van der Waals surface area contributed by atoms with Crippen molar-refractivity contribution in [1.29, 1.82) is 0 Å². The molecule has 1 fully saturated rings. The fraction of sp³-hybridized carbons (Fsp3) is 0.562. The number of hydrogen-bond acceptors (Lipinski definition) is 6. The number of benzene rings is 1. The molecule has 0 bridgehead atoms. The topological polar surface area (TPSA) is 103 Å². The predicted octanol–water partition coefficient (Wildman–Crippen LogP) is 1.27. The molecule has 1 aliphatic carbocycles. The normalized spacial score (nSPS) is 13.4. The smallest absolute Gasteiger partial charge is 0.276 e. The lowest BCUT2D eigenvalue weighted by Crippen LogP contribution is -2.35. The third-order valence-corrected chi connectivity index (χ3v) is 3.91. The molecule has 0 aliphatic heterocycles. The number of carbonyl (C=O) groups excluding carboxylic acids is 1. The van der Waals surface area contributed by atoms with Crippen molar-refractivity contribution in [2.24, 2.45) is 5.92 Å². The molecular formula is C16H23N3O5. The molecule has 0 atom stereocenters. The standard InChI is InChI=1S/C16H23N3O5/c1-23-14-7-12(13(19(21)22)8-15(14)24-2)5-6-18-16(20)10-17-9-11-3-4-11/h7-8,11,17H,3-6,9-10H2,1-2H3,(H,18,20). The fourth-order valence-electron chi connectivity index (χ4n) is 2.39. The quantitative estimate of drug-likeness (QED) is 0.492. The molecule has 2 N–H and O–H groups in total. The van der Waals surface area contributed by atoms with Gasteiger partial charge in [-0.25, -0.2) is 0 Å². The molecule has 0 saturated heterocycles. The average Bonchev–Trinajstić information content (AvgIpc) is 3.38. The van der Waals surface area contributed by atoms with Gasteiger partial charge >= 0.3 is 0 Å². The van der Waals surface area contributed by atoms with Crippen LogP contribution >= 0.6 is 0 Å². The molecule has 2 rings (SSSR count). The first-order chi connectivity index (χ1) is 11.5. The van der Waals surface area contributed by atoms with E-state index >= 15 is 0 Å². The third kappa shape index (κ3) is 5.09. The number of rotatable bonds is 10. The van der Waals surface area contributed by atoms with Crippen LogP contribution < -0.4 is 20.1 Å². The van der Waals surface area contributed by atoms with Gasteiger partial charge in [-0.1, -0.05) is 0 Å². The summed E-state index contributed by atoms with van der Waals surface area (Å²) in [5, 5.41) is 17.1. The van der Waals surface area contributed by atoms with Gasteiger partial charge in [-0.3, -0.25) is 14.9 Å². The van der Waals surface area contributed by atoms with Crippen LogP contribution in [0.25, 0.3) is 0 Å². The lowest BCUT2D eigenvalue weighted by molar-refractivity contribution is -0.385. The van der Waals surface area contributed by atoms with Crippen LogP contribution in [0.2, 0.25) is 0 Å². The van der Waals surface area contributed by atoms with Gasteiger partial charge < -0.3 is 20.1 Å². The molecule has 1 aromatic carbocycles. The number of hydrogen-bond donors (Lipinski definition) is 2. The van der Waals surface area contributed by atoms with Crippen molar-refractivity contribution < 1.29 is 19.2 Å². The van der Waals surface area contributed by atoms with E-state index in [4.69, 9.17) is 9.47 Å². The van der Waals surface area contributed by atoms with Crippen LogP contribution in [0.5, 0.6) is 11.5 Å². The van der Waals surface area contributed by atoms with Crippen molar-refractivity contribution >= 4 is 11.6 Å². The van der Waals surface area contributed by atoms with E-state index in [0.29, 0.717) is 35.9 Å². The Morgan fingerprint density at radius 1 is 1.29 bits per heavy atom. The van der Waals surface area contributed by atoms with Gasteiger partial charge in [-0.2, -0.15) is 0 Å². The second kappa shape index (κ2) is 8.49. The maximum absolute atomic E-state index is 11.7. The number of nitrogens with zero attached hydrogens (tertiary/aromatic N) is 1. The monoisotopic (exact) mass is 337 g/mol. The SMILES string of the molecule is COc1cc(CCNC(=O)CNCC2CC2)c([N+](=O)[O-])cc1OC. The maximum atomic E-state index is 11.7. The number of nitro groups is 1. The second-order valence-corrected chi connectivity index (χ2v) is 5.77. The zero-order chi connectivity index (χ0) is 17.5. The van der Waals surface area contributed by atoms with E-state index in [-0.39, 0.29) is 18.1 Å². The molecule has 132 valence electrons. The van der Waals surface area contributed by atoms with Crippen LogP contribution in [0.4, 0.5) is 5.69 Å². The Hall–Kier alpha value is -2.35. The van der Waals surface area contributed by atoms with Gasteiger partial charge in [0.15, 0.2) is 11.5 Å². The van der Waals surface area contributed by atoms with E-state index in [9.17, 15) is 14.9 Å². The summed E-state index contributed by atoms with van der Waals surface area (Å²) in [6, 6.07) is 2.92. The molecule has 1 aromatic rings. The van der Waals surface area contributed by atoms with Crippen molar-refractivity contribution in [1.82, 2.24) is 10.6 Å². The molecule has 1 saturated carbocycles. The van der Waals surface area contributed by atoms with Gasteiger partial charge in [0.2, 0.25) is 5.91 Å². The van der Waals surface area contributed by atoms with Gasteiger partial charge in [0.05, 0.1) is 31.8 Å². The highest BCUT2D eigenvalue weighted by Gasteiger charge is 2.21. The molecule has 0 aromatic heterocycles. The van der Waals surface area contributed by atoms with Gasteiger partial charge in [-0.15, -0.1) is 0 Å². The van der Waals surface area contributed by atoms with Gasteiger partial charge in [0, 0.05) is 12.1 Å². The fourth-order valence-corrected chi connectivity index (χ4v) is 2.39. The Labute approximate surface area is 140 Å². The highest BCUT2D eigenvalue weighted by Crippen LogP contribution is 2.34. The Balaban J connectivity index is 1.89. The number of ether oxygens (including phenoxy) is 2. The van der Waals surface area contributed by atoms with Crippen LogP contribution in [0.1, 0.15) is 18.4 Å². The van der Waals surface area contributed by atoms with E-state index < -0.39 is 4.92 Å². The summed E-state index contributed by atoms with van der Waals surface area (Å²) in [5.74, 6) is 1.34. The first kappa shape index (κ1) is 18.0. The molecule has 1 amide bonds. The molecule has 0 spiro atoms. The van der Waals surface area contributed by atoms with E-state index in [0.717, 1.165) is 6.54 Å². The number of methoxy groups -OCH3 is 2. The summed E-state index contributed by atoms with van der Waals surface area (Å²) in [4.78, 5) is 22.5. The molecule has 0 unspecified atom stereocenters. The van der Waals surface area contributed by atoms with E-state index in [1.165, 1.54) is 33.1 Å². The van der Waals surface area contributed by atoms with Crippen molar-refractivity contribution in [2.75, 3.05) is 33.9 Å². The molecule has 8 nitrogen and oxygen atoms in total. The molecular weight excluding hydrogens is 314 g/mol. The highest BCUT2D eigenvalue weighted by molar-refractivity contribution is 5.78. The molecule has 0 radical (unpaired) electrons. The Morgan fingerprint density at radius 2 is 1.96 bits per heavy atom. The van der Waals surface area contributed by atoms with E-state index in [2.05, 4.69) is 10.6 Å². The summed E-state index contributed by atoms with van der Waals surface area (Å²) in [6.07, 6.45) is 2.81. The average molecular weight is 337 g/mol. The number of nitro benzene ring substituents is 1. The number of amides is 1. The van der Waals surface area contributed by atoms with Crippen LogP contribution in [0, 0.1) is 16.0 Å². The van der Waals surface area contributed by atoms with Crippen molar-refractivity contribution in [3.63, 3.8) is 0 Å². The van der Waals surface area contributed by atoms with Crippen molar-refractivity contribution in [3.8, 4) is 11.5 Å². The Bertz CT molecular complexity index is 602. The van der Waals surface area contributed by atoms with Crippen molar-refractivity contribution in [2.45, 2.75) is 19.3 Å². The largest absolute Gasteiger partial charge is 0.493 e. The Morgan fingerprint density at radius 3 is 2.54 bits per heavy atom. The summed E-state index contributed by atoms with van der Waals surface area (Å²) >= 11 is 0. The molecule has 1 aliphatic rings. The number of carbonyl (C=O) groups is 1. The van der Waals surface area contributed by atoms with Crippen LogP contribution in [0.15, 0.2) is 12.1 Å². The minimum absolute atomic E-state index is 0.0474. The highest BCUT2D eigenvalue weighted by atomic mass is 16.6. The first-order valence-corrected chi connectivity index (χ1v) is 7.91. The molecule has 0 heterocycles. The summed E-state index contributed by atoms with van der Waals surface area (Å²) in [6.45, 7) is 1.46. The third-order valence-electron chi connectivity index (χ3n) is 3.91. The zero-order valence-corrected chi connectivity index (χ0v) is 14.0. The summed E-state index contributed by atoms with van der Waals surface area (Å²) < 4.78 is 10.3. The second-order valence-electron chi connectivity index (χ2n) is 5.77. The van der Waals surface area contributed by atoms with Crippen LogP contribution in [0.3, 0.4) is 0 Å². The lowest BCUT2D eigenvalue weighted by atomic mass is 10.1. The van der Waals surface area contributed by atoms with Gasteiger partial charge in [0.1, 0.15) is 0 Å². The summed E-state index contributed by atoms with van der Waals surface area (Å²) in [7, 11) is 2.90. The van der Waals surface area contributed by atoms with Crippen LogP contribution in [-0.2, 0) is 11.2 Å². The van der Waals surface area contributed by atoms with Crippen molar-refractivity contribution in [3.05, 3.63) is 27.8 Å². The zero-order valence-electron chi connectivity index (χ0n) is 14.0. The minimum Gasteiger partial charge on any atom is -0.493 e. The first-order valence-electron chi connectivity index (χ1n) is 7.91. The van der Waals surface area contributed by atoms with Crippen LogP contribution in [-0.4, -0.2) is 44.7 Å². The summed E-state index contributed by atoms with van der Waals surface area (Å²) in [5.41, 5.74) is 0.442. The molecule has 24 heavy (non-hydrogen) atoms. The minimum atomic E-state index is -0.462. The molecule has 8 heteroatoms. The van der Waals surface area contributed by atoms with E-state index in [1.807, 2.05) is 0 Å². The maximum Gasteiger partial charge on any atom is 0.276 e. The number of nitrogens with one attached hydrogen (secondary N) is 2.